The van der Waals surface area contributed by atoms with Crippen molar-refractivity contribution in [3.05, 3.63) is 42.0 Å². The van der Waals surface area contributed by atoms with E-state index in [1.54, 1.807) is 6.08 Å². The zero-order valence-corrected chi connectivity index (χ0v) is 11.8. The van der Waals surface area contributed by atoms with E-state index in [1.165, 1.54) is 6.08 Å². The van der Waals surface area contributed by atoms with Gasteiger partial charge in [-0.2, -0.15) is 0 Å². The molecule has 20 heavy (non-hydrogen) atoms. The Kier molecular flexibility index (Phi) is 4.82. The maximum Gasteiger partial charge on any atom is 0.244 e. The van der Waals surface area contributed by atoms with Gasteiger partial charge in [-0.15, -0.1) is 0 Å². The van der Waals surface area contributed by atoms with Gasteiger partial charge < -0.3 is 14.8 Å². The largest absolute Gasteiger partial charge is 0.454 e. The summed E-state index contributed by atoms with van der Waals surface area (Å²) in [6.45, 7) is 4.29. The van der Waals surface area contributed by atoms with Crippen molar-refractivity contribution in [2.75, 3.05) is 6.79 Å². The highest BCUT2D eigenvalue weighted by molar-refractivity contribution is 5.88. The third-order valence-electron chi connectivity index (χ3n) is 3.05. The molecule has 106 valence electrons. The Labute approximate surface area is 119 Å². The molecule has 0 saturated heterocycles. The Morgan fingerprint density at radius 2 is 2.15 bits per heavy atom. The fourth-order valence-electron chi connectivity index (χ4n) is 1.72. The minimum atomic E-state index is -0.0744. The van der Waals surface area contributed by atoms with E-state index in [0.29, 0.717) is 0 Å². The summed E-state index contributed by atoms with van der Waals surface area (Å²) in [6.07, 6.45) is 7.91. The second-order valence-corrected chi connectivity index (χ2v) is 4.65. The van der Waals surface area contributed by atoms with Crippen LogP contribution in [-0.4, -0.2) is 18.7 Å². The summed E-state index contributed by atoms with van der Waals surface area (Å²) in [5.41, 5.74) is 1.00. The lowest BCUT2D eigenvalue weighted by molar-refractivity contribution is -0.117. The van der Waals surface area contributed by atoms with Gasteiger partial charge in [-0.1, -0.05) is 31.2 Å². The third-order valence-corrected chi connectivity index (χ3v) is 3.05. The first-order chi connectivity index (χ1) is 9.69. The van der Waals surface area contributed by atoms with Gasteiger partial charge in [0.15, 0.2) is 11.5 Å². The van der Waals surface area contributed by atoms with E-state index in [4.69, 9.17) is 9.47 Å². The van der Waals surface area contributed by atoms with Crippen LogP contribution in [0.4, 0.5) is 0 Å². The highest BCUT2D eigenvalue weighted by Crippen LogP contribution is 2.32. The molecule has 0 spiro atoms. The van der Waals surface area contributed by atoms with Crippen LogP contribution in [0.2, 0.25) is 0 Å². The second-order valence-electron chi connectivity index (χ2n) is 4.65. The summed E-state index contributed by atoms with van der Waals surface area (Å²) in [4.78, 5) is 11.5. The highest BCUT2D eigenvalue weighted by atomic mass is 16.7. The van der Waals surface area contributed by atoms with Crippen LogP contribution in [0.5, 0.6) is 11.5 Å². The Morgan fingerprint density at radius 1 is 1.35 bits per heavy atom. The summed E-state index contributed by atoms with van der Waals surface area (Å²) < 4.78 is 10.5. The predicted molar refractivity (Wildman–Crippen MR) is 78.6 cm³/mol. The number of hydrogen-bond acceptors (Lipinski definition) is 3. The van der Waals surface area contributed by atoms with E-state index in [9.17, 15) is 4.79 Å². The molecule has 0 unspecified atom stereocenters. The molecule has 1 aliphatic heterocycles. The summed E-state index contributed by atoms with van der Waals surface area (Å²) in [5.74, 6) is 1.45. The Morgan fingerprint density at radius 3 is 2.95 bits per heavy atom. The molecule has 0 radical (unpaired) electrons. The van der Waals surface area contributed by atoms with Crippen molar-refractivity contribution >= 4 is 12.0 Å². The maximum absolute atomic E-state index is 11.5. The number of nitrogens with one attached hydrogen (secondary N) is 1. The number of carbonyl (C=O) groups is 1. The highest BCUT2D eigenvalue weighted by Gasteiger charge is 2.11. The zero-order valence-electron chi connectivity index (χ0n) is 11.8. The third kappa shape index (κ3) is 3.88. The zero-order chi connectivity index (χ0) is 14.4. The van der Waals surface area contributed by atoms with Crippen molar-refractivity contribution in [3.8, 4) is 11.5 Å². The predicted octanol–water partition coefficient (Wildman–Crippen LogP) is 2.90. The smallest absolute Gasteiger partial charge is 0.244 e. The van der Waals surface area contributed by atoms with Crippen molar-refractivity contribution in [2.24, 2.45) is 0 Å². The van der Waals surface area contributed by atoms with E-state index in [1.807, 2.05) is 44.2 Å². The number of hydrogen-bond donors (Lipinski definition) is 1. The first kappa shape index (κ1) is 14.2. The van der Waals surface area contributed by atoms with Gasteiger partial charge in [0.05, 0.1) is 0 Å². The molecule has 0 saturated carbocycles. The molecule has 1 aromatic rings. The van der Waals surface area contributed by atoms with Crippen LogP contribution in [0, 0.1) is 0 Å². The first-order valence-electron chi connectivity index (χ1n) is 6.74. The summed E-state index contributed by atoms with van der Waals surface area (Å²) in [7, 11) is 0. The van der Waals surface area contributed by atoms with E-state index < -0.39 is 0 Å². The van der Waals surface area contributed by atoms with Crippen molar-refractivity contribution in [1.82, 2.24) is 5.32 Å². The minimum Gasteiger partial charge on any atom is -0.454 e. The Bertz CT molecular complexity index is 535. The van der Waals surface area contributed by atoms with Crippen molar-refractivity contribution in [2.45, 2.75) is 26.3 Å². The Balaban J connectivity index is 1.88. The molecule has 2 rings (SSSR count). The number of rotatable bonds is 5. The standard InChI is InChI=1S/C16H19NO3/c1-3-12(2)17-16(18)7-5-4-6-13-8-9-14-15(10-13)20-11-19-14/h4-10,12H,3,11H2,1-2H3,(H,17,18)/b6-4+,7-5+/t12-/m0/s1. The van der Waals surface area contributed by atoms with Crippen LogP contribution in [0.1, 0.15) is 25.8 Å². The molecular formula is C16H19NO3. The van der Waals surface area contributed by atoms with Crippen molar-refractivity contribution in [1.29, 1.82) is 0 Å². The number of benzene rings is 1. The van der Waals surface area contributed by atoms with E-state index in [-0.39, 0.29) is 18.7 Å². The lowest BCUT2D eigenvalue weighted by Crippen LogP contribution is -2.30. The van der Waals surface area contributed by atoms with Gasteiger partial charge in [-0.05, 0) is 31.0 Å². The van der Waals surface area contributed by atoms with Gasteiger partial charge in [-0.25, -0.2) is 0 Å². The summed E-state index contributed by atoms with van der Waals surface area (Å²) in [6, 6.07) is 5.93. The quantitative estimate of drug-likeness (QED) is 0.663. The number of fused-ring (bicyclic) bond motifs is 1. The molecular weight excluding hydrogens is 254 g/mol. The molecule has 4 nitrogen and oxygen atoms in total. The Hall–Kier alpha value is -2.23. The lowest BCUT2D eigenvalue weighted by Gasteiger charge is -2.07. The van der Waals surface area contributed by atoms with Crippen LogP contribution in [0.15, 0.2) is 36.4 Å². The molecule has 0 aliphatic carbocycles. The van der Waals surface area contributed by atoms with Crippen LogP contribution >= 0.6 is 0 Å². The van der Waals surface area contributed by atoms with Crippen LogP contribution in [-0.2, 0) is 4.79 Å². The topological polar surface area (TPSA) is 47.6 Å². The molecule has 1 heterocycles. The molecule has 0 aromatic heterocycles. The summed E-state index contributed by atoms with van der Waals surface area (Å²) in [5, 5.41) is 2.87. The molecule has 1 aliphatic rings. The minimum absolute atomic E-state index is 0.0744. The number of ether oxygens (including phenoxy) is 2. The second kappa shape index (κ2) is 6.80. The van der Waals surface area contributed by atoms with Gasteiger partial charge in [0.1, 0.15) is 0 Å². The average molecular weight is 273 g/mol. The number of allylic oxidation sites excluding steroid dienone is 2. The SMILES string of the molecule is CC[C@H](C)NC(=O)/C=C/C=C/c1ccc2c(c1)OCO2. The molecule has 0 bridgehead atoms. The van der Waals surface area contributed by atoms with E-state index >= 15 is 0 Å². The van der Waals surface area contributed by atoms with Crippen LogP contribution in [0.25, 0.3) is 6.08 Å². The molecule has 1 aromatic carbocycles. The van der Waals surface area contributed by atoms with E-state index in [0.717, 1.165) is 23.5 Å². The monoisotopic (exact) mass is 273 g/mol. The normalized spacial score (nSPS) is 14.9. The van der Waals surface area contributed by atoms with Crippen molar-refractivity contribution < 1.29 is 14.3 Å². The molecule has 1 amide bonds. The molecule has 0 fully saturated rings. The average Bonchev–Trinajstić information content (AvgIpc) is 2.91. The van der Waals surface area contributed by atoms with Crippen LogP contribution < -0.4 is 14.8 Å². The maximum atomic E-state index is 11.5. The van der Waals surface area contributed by atoms with Gasteiger partial charge in [-0.3, -0.25) is 4.79 Å². The number of carbonyl (C=O) groups excluding carboxylic acids is 1. The van der Waals surface area contributed by atoms with E-state index in [2.05, 4.69) is 5.32 Å². The number of amides is 1. The lowest BCUT2D eigenvalue weighted by atomic mass is 10.2. The van der Waals surface area contributed by atoms with Crippen LogP contribution in [0.3, 0.4) is 0 Å². The first-order valence-corrected chi connectivity index (χ1v) is 6.74. The van der Waals surface area contributed by atoms with Gasteiger partial charge in [0, 0.05) is 12.1 Å². The van der Waals surface area contributed by atoms with Gasteiger partial charge >= 0.3 is 0 Å². The summed E-state index contributed by atoms with van der Waals surface area (Å²) >= 11 is 0. The molecule has 4 heteroatoms. The molecule has 1 N–H and O–H groups in total. The van der Waals surface area contributed by atoms with Gasteiger partial charge in [0.25, 0.3) is 0 Å². The van der Waals surface area contributed by atoms with Gasteiger partial charge in [0.2, 0.25) is 12.7 Å². The fraction of sp³-hybridized carbons (Fsp3) is 0.312. The molecule has 1 atom stereocenters. The van der Waals surface area contributed by atoms with Crippen molar-refractivity contribution in [3.63, 3.8) is 0 Å². The fourth-order valence-corrected chi connectivity index (χ4v) is 1.72.